The summed E-state index contributed by atoms with van der Waals surface area (Å²) >= 11 is 1.55. The fourth-order valence-electron chi connectivity index (χ4n) is 2.46. The summed E-state index contributed by atoms with van der Waals surface area (Å²) in [6.45, 7) is 5.19. The highest BCUT2D eigenvalue weighted by Gasteiger charge is 2.09. The van der Waals surface area contributed by atoms with Crippen LogP contribution < -0.4 is 10.3 Å². The zero-order valence-corrected chi connectivity index (χ0v) is 14.7. The zero-order valence-electron chi connectivity index (χ0n) is 13.9. The minimum absolute atomic E-state index is 0.0186. The lowest BCUT2D eigenvalue weighted by Gasteiger charge is -2.11. The first-order valence-electron chi connectivity index (χ1n) is 8.01. The smallest absolute Gasteiger partial charge is 0.262 e. The molecular weight excluding hydrogens is 320 g/mol. The lowest BCUT2D eigenvalue weighted by atomic mass is 10.2. The second-order valence-electron chi connectivity index (χ2n) is 5.47. The minimum atomic E-state index is 0.0186. The predicted octanol–water partition coefficient (Wildman–Crippen LogP) is 3.90. The lowest BCUT2D eigenvalue weighted by molar-refractivity contribution is 0.343. The van der Waals surface area contributed by atoms with Crippen molar-refractivity contribution in [2.45, 2.75) is 25.5 Å². The van der Waals surface area contributed by atoms with Crippen LogP contribution in [0, 0.1) is 6.92 Å². The summed E-state index contributed by atoms with van der Waals surface area (Å²) in [5, 5.41) is 1.41. The Morgan fingerprint density at radius 3 is 2.62 bits per heavy atom. The van der Waals surface area contributed by atoms with Gasteiger partial charge in [0, 0.05) is 12.3 Å². The Morgan fingerprint density at radius 2 is 1.88 bits per heavy atom. The van der Waals surface area contributed by atoms with Gasteiger partial charge in [0.2, 0.25) is 0 Å². The Morgan fingerprint density at radius 1 is 1.12 bits per heavy atom. The van der Waals surface area contributed by atoms with Crippen molar-refractivity contribution in [3.8, 4) is 5.75 Å². The van der Waals surface area contributed by atoms with Gasteiger partial charge in [-0.1, -0.05) is 41.6 Å². The van der Waals surface area contributed by atoms with Crippen LogP contribution in [0.15, 0.2) is 58.5 Å². The van der Waals surface area contributed by atoms with Crippen molar-refractivity contribution in [3.05, 3.63) is 64.4 Å². The van der Waals surface area contributed by atoms with E-state index in [9.17, 15) is 4.79 Å². The number of rotatable bonds is 6. The van der Waals surface area contributed by atoms with Gasteiger partial charge >= 0.3 is 0 Å². The van der Waals surface area contributed by atoms with Gasteiger partial charge in [-0.3, -0.25) is 9.36 Å². The second-order valence-corrected chi connectivity index (χ2v) is 6.53. The van der Waals surface area contributed by atoms with Crippen LogP contribution in [-0.4, -0.2) is 21.9 Å². The van der Waals surface area contributed by atoms with E-state index < -0.39 is 0 Å². The topological polar surface area (TPSA) is 44.1 Å². The molecule has 1 heterocycles. The van der Waals surface area contributed by atoms with E-state index in [4.69, 9.17) is 4.74 Å². The monoisotopic (exact) mass is 340 g/mol. The summed E-state index contributed by atoms with van der Waals surface area (Å²) in [6.07, 6.45) is 0. The normalized spacial score (nSPS) is 10.9. The second kappa shape index (κ2) is 7.53. The maximum Gasteiger partial charge on any atom is 0.262 e. The highest BCUT2D eigenvalue weighted by Crippen LogP contribution is 2.18. The van der Waals surface area contributed by atoms with E-state index >= 15 is 0 Å². The molecule has 1 aromatic heterocycles. The average Bonchev–Trinajstić information content (AvgIpc) is 2.60. The van der Waals surface area contributed by atoms with E-state index in [1.165, 1.54) is 5.56 Å². The summed E-state index contributed by atoms with van der Waals surface area (Å²) < 4.78 is 7.46. The molecule has 0 N–H and O–H groups in total. The van der Waals surface area contributed by atoms with Crippen LogP contribution in [0.3, 0.4) is 0 Å². The molecule has 0 radical (unpaired) electrons. The molecule has 0 saturated carbocycles. The van der Waals surface area contributed by atoms with Crippen LogP contribution >= 0.6 is 11.8 Å². The molecule has 3 rings (SSSR count). The van der Waals surface area contributed by atoms with E-state index in [0.717, 1.165) is 22.2 Å². The Hall–Kier alpha value is -2.27. The number of benzene rings is 2. The highest BCUT2D eigenvalue weighted by atomic mass is 32.2. The molecule has 0 aliphatic carbocycles. The van der Waals surface area contributed by atoms with Crippen LogP contribution in [0.1, 0.15) is 12.5 Å². The standard InChI is InChI=1S/C19H20N2O2S/c1-3-21-18(22)16-6-4-5-7-17(16)20-19(21)24-13-12-23-15-10-8-14(2)9-11-15/h4-11H,3,12-13H2,1-2H3. The van der Waals surface area contributed by atoms with Crippen molar-refractivity contribution < 1.29 is 4.74 Å². The first kappa shape index (κ1) is 16.6. The zero-order chi connectivity index (χ0) is 16.9. The van der Waals surface area contributed by atoms with Gasteiger partial charge in [0.1, 0.15) is 5.75 Å². The molecule has 5 heteroatoms. The molecule has 2 aromatic carbocycles. The fourth-order valence-corrected chi connectivity index (χ4v) is 3.34. The van der Waals surface area contributed by atoms with Crippen LogP contribution in [0.2, 0.25) is 0 Å². The van der Waals surface area contributed by atoms with E-state index in [1.54, 1.807) is 16.3 Å². The third-order valence-electron chi connectivity index (χ3n) is 3.75. The summed E-state index contributed by atoms with van der Waals surface area (Å²) in [4.78, 5) is 17.2. The molecule has 0 amide bonds. The van der Waals surface area contributed by atoms with Gasteiger partial charge < -0.3 is 4.74 Å². The molecule has 124 valence electrons. The summed E-state index contributed by atoms with van der Waals surface area (Å²) in [7, 11) is 0. The maximum absolute atomic E-state index is 12.5. The quantitative estimate of drug-likeness (QED) is 0.388. The van der Waals surface area contributed by atoms with E-state index in [2.05, 4.69) is 11.9 Å². The van der Waals surface area contributed by atoms with E-state index in [0.29, 0.717) is 18.5 Å². The van der Waals surface area contributed by atoms with Crippen LogP contribution in [0.5, 0.6) is 5.75 Å². The first-order valence-corrected chi connectivity index (χ1v) is 8.99. The average molecular weight is 340 g/mol. The molecular formula is C19H20N2O2S. The van der Waals surface area contributed by atoms with Crippen molar-refractivity contribution in [2.75, 3.05) is 12.4 Å². The third kappa shape index (κ3) is 3.62. The number of aromatic nitrogens is 2. The lowest BCUT2D eigenvalue weighted by Crippen LogP contribution is -2.22. The van der Waals surface area contributed by atoms with Crippen molar-refractivity contribution in [1.29, 1.82) is 0 Å². The largest absolute Gasteiger partial charge is 0.493 e. The molecule has 0 fully saturated rings. The van der Waals surface area contributed by atoms with Crippen molar-refractivity contribution in [2.24, 2.45) is 0 Å². The van der Waals surface area contributed by atoms with Gasteiger partial charge in [0.15, 0.2) is 5.16 Å². The van der Waals surface area contributed by atoms with Gasteiger partial charge in [0.25, 0.3) is 5.56 Å². The van der Waals surface area contributed by atoms with Crippen LogP contribution in [0.4, 0.5) is 0 Å². The van der Waals surface area contributed by atoms with E-state index in [1.807, 2.05) is 55.5 Å². The van der Waals surface area contributed by atoms with Gasteiger partial charge in [-0.15, -0.1) is 0 Å². The summed E-state index contributed by atoms with van der Waals surface area (Å²) in [5.41, 5.74) is 1.98. The Kier molecular flexibility index (Phi) is 5.20. The molecule has 0 spiro atoms. The van der Waals surface area contributed by atoms with Gasteiger partial charge in [0.05, 0.1) is 17.5 Å². The number of thioether (sulfide) groups is 1. The number of aryl methyl sites for hydroxylation is 1. The molecule has 0 aliphatic heterocycles. The molecule has 4 nitrogen and oxygen atoms in total. The Labute approximate surface area is 145 Å². The minimum Gasteiger partial charge on any atom is -0.493 e. The van der Waals surface area contributed by atoms with Crippen LogP contribution in [-0.2, 0) is 6.54 Å². The number of nitrogens with zero attached hydrogens (tertiary/aromatic N) is 2. The number of hydrogen-bond acceptors (Lipinski definition) is 4. The number of hydrogen-bond donors (Lipinski definition) is 0. The van der Waals surface area contributed by atoms with Crippen LogP contribution in [0.25, 0.3) is 10.9 Å². The Balaban J connectivity index is 1.70. The fraction of sp³-hybridized carbons (Fsp3) is 0.263. The molecule has 0 bridgehead atoms. The van der Waals surface area contributed by atoms with Gasteiger partial charge in [-0.05, 0) is 38.1 Å². The molecule has 24 heavy (non-hydrogen) atoms. The van der Waals surface area contributed by atoms with Gasteiger partial charge in [-0.25, -0.2) is 4.98 Å². The summed E-state index contributed by atoms with van der Waals surface area (Å²) in [6, 6.07) is 15.5. The highest BCUT2D eigenvalue weighted by molar-refractivity contribution is 7.99. The maximum atomic E-state index is 12.5. The molecule has 0 saturated heterocycles. The Bertz CT molecular complexity index is 888. The third-order valence-corrected chi connectivity index (χ3v) is 4.69. The number of ether oxygens (including phenoxy) is 1. The SMILES string of the molecule is CCn1c(SCCOc2ccc(C)cc2)nc2ccccc2c1=O. The summed E-state index contributed by atoms with van der Waals surface area (Å²) in [5.74, 6) is 1.60. The van der Waals surface area contributed by atoms with Gasteiger partial charge in [-0.2, -0.15) is 0 Å². The van der Waals surface area contributed by atoms with E-state index in [-0.39, 0.29) is 5.56 Å². The van der Waals surface area contributed by atoms with Crippen molar-refractivity contribution in [1.82, 2.24) is 9.55 Å². The molecule has 3 aromatic rings. The first-order chi connectivity index (χ1) is 11.7. The number of fused-ring (bicyclic) bond motifs is 1. The molecule has 0 aliphatic rings. The van der Waals surface area contributed by atoms with Crippen molar-refractivity contribution in [3.63, 3.8) is 0 Å². The predicted molar refractivity (Wildman–Crippen MR) is 99.1 cm³/mol. The number of para-hydroxylation sites is 1. The molecule has 0 atom stereocenters. The molecule has 0 unspecified atom stereocenters. The van der Waals surface area contributed by atoms with Crippen molar-refractivity contribution >= 4 is 22.7 Å².